The van der Waals surface area contributed by atoms with Crippen LogP contribution in [0.4, 0.5) is 0 Å². The van der Waals surface area contributed by atoms with Crippen LogP contribution in [0.5, 0.6) is 0 Å². The summed E-state index contributed by atoms with van der Waals surface area (Å²) in [5, 5.41) is 3.50. The van der Waals surface area contributed by atoms with Gasteiger partial charge in [0.2, 0.25) is 0 Å². The Morgan fingerprint density at radius 3 is 2.74 bits per heavy atom. The van der Waals surface area contributed by atoms with Gasteiger partial charge in [-0.25, -0.2) is 0 Å². The average Bonchev–Trinajstić information content (AvgIpc) is 2.84. The molecule has 0 radical (unpaired) electrons. The minimum atomic E-state index is 0.328. The molecule has 2 nitrogen and oxygen atoms in total. The van der Waals surface area contributed by atoms with Gasteiger partial charge in [-0.15, -0.1) is 0 Å². The van der Waals surface area contributed by atoms with Crippen molar-refractivity contribution in [1.29, 1.82) is 0 Å². The number of benzene rings is 1. The molecule has 0 spiro atoms. The predicted molar refractivity (Wildman–Crippen MR) is 82.4 cm³/mol. The third kappa shape index (κ3) is 4.15. The van der Waals surface area contributed by atoms with E-state index in [-0.39, 0.29) is 0 Å². The zero-order valence-electron chi connectivity index (χ0n) is 11.8. The van der Waals surface area contributed by atoms with Crippen molar-refractivity contribution in [3.05, 3.63) is 59.0 Å². The van der Waals surface area contributed by atoms with Gasteiger partial charge in [0.15, 0.2) is 0 Å². The summed E-state index contributed by atoms with van der Waals surface area (Å²) in [5.74, 6) is 2.99. The summed E-state index contributed by atoms with van der Waals surface area (Å²) < 4.78 is 5.75. The average molecular weight is 275 g/mol. The largest absolute Gasteiger partial charge is 0.464 e. The molecule has 0 fully saturated rings. The van der Waals surface area contributed by atoms with Crippen LogP contribution in [0.1, 0.15) is 35.6 Å². The van der Waals surface area contributed by atoms with E-state index in [0.717, 1.165) is 23.8 Å². The first-order valence-electron chi connectivity index (χ1n) is 6.55. The third-order valence-corrected chi connectivity index (χ3v) is 3.70. The van der Waals surface area contributed by atoms with Crippen LogP contribution in [0.2, 0.25) is 0 Å². The van der Waals surface area contributed by atoms with Crippen LogP contribution in [0.25, 0.3) is 0 Å². The van der Waals surface area contributed by atoms with Crippen LogP contribution in [-0.2, 0) is 12.3 Å². The predicted octanol–water partition coefficient (Wildman–Crippen LogP) is 4.30. The Morgan fingerprint density at radius 1 is 1.21 bits per heavy atom. The minimum absolute atomic E-state index is 0.328. The Morgan fingerprint density at radius 2 is 2.00 bits per heavy atom. The fourth-order valence-corrected chi connectivity index (χ4v) is 2.49. The Bertz CT molecular complexity index is 521. The zero-order valence-corrected chi connectivity index (χ0v) is 12.6. The number of nitrogens with one attached hydrogen (secondary N) is 1. The Kier molecular flexibility index (Phi) is 5.11. The molecular weight excluding hydrogens is 254 g/mol. The zero-order chi connectivity index (χ0) is 13.7. The van der Waals surface area contributed by atoms with Gasteiger partial charge in [0.25, 0.3) is 0 Å². The van der Waals surface area contributed by atoms with Crippen molar-refractivity contribution in [2.75, 3.05) is 6.26 Å². The molecule has 19 heavy (non-hydrogen) atoms. The molecular formula is C16H21NOS. The van der Waals surface area contributed by atoms with Crippen molar-refractivity contribution in [1.82, 2.24) is 5.32 Å². The third-order valence-electron chi connectivity index (χ3n) is 3.13. The van der Waals surface area contributed by atoms with Gasteiger partial charge in [-0.2, -0.15) is 11.8 Å². The van der Waals surface area contributed by atoms with Gasteiger partial charge in [0.05, 0.1) is 12.3 Å². The molecule has 0 aliphatic heterocycles. The van der Waals surface area contributed by atoms with E-state index >= 15 is 0 Å². The molecule has 1 atom stereocenters. The molecule has 1 aromatic heterocycles. The van der Waals surface area contributed by atoms with Crippen molar-refractivity contribution in [2.45, 2.75) is 32.2 Å². The number of rotatable bonds is 6. The molecule has 0 bridgehead atoms. The Balaban J connectivity index is 1.90. The lowest BCUT2D eigenvalue weighted by atomic mass is 10.1. The van der Waals surface area contributed by atoms with Crippen molar-refractivity contribution in [3.8, 4) is 0 Å². The smallest absolute Gasteiger partial charge is 0.118 e. The van der Waals surface area contributed by atoms with Gasteiger partial charge in [-0.1, -0.05) is 29.8 Å². The molecule has 3 heteroatoms. The van der Waals surface area contributed by atoms with Gasteiger partial charge in [-0.3, -0.25) is 0 Å². The van der Waals surface area contributed by atoms with Gasteiger partial charge < -0.3 is 9.73 Å². The Labute approximate surface area is 119 Å². The summed E-state index contributed by atoms with van der Waals surface area (Å²) in [4.78, 5) is 0. The maximum atomic E-state index is 5.75. The molecule has 2 aromatic rings. The summed E-state index contributed by atoms with van der Waals surface area (Å²) in [6, 6.07) is 13.1. The second-order valence-corrected chi connectivity index (χ2v) is 5.68. The standard InChI is InChI=1S/C16H21NOS/c1-12-5-4-6-14(9-12)13(2)17-10-15-7-8-16(18-15)11-19-3/h4-9,13,17H,10-11H2,1-3H3/t13-/m1/s1. The van der Waals surface area contributed by atoms with E-state index in [1.54, 1.807) is 11.8 Å². The van der Waals surface area contributed by atoms with E-state index in [0.29, 0.717) is 6.04 Å². The van der Waals surface area contributed by atoms with Gasteiger partial charge in [-0.05, 0) is 37.8 Å². The quantitative estimate of drug-likeness (QED) is 0.851. The van der Waals surface area contributed by atoms with Crippen molar-refractivity contribution < 1.29 is 4.42 Å². The lowest BCUT2D eigenvalue weighted by Gasteiger charge is -2.13. The van der Waals surface area contributed by atoms with Crippen molar-refractivity contribution in [2.24, 2.45) is 0 Å². The maximum Gasteiger partial charge on any atom is 0.118 e. The van der Waals surface area contributed by atoms with Gasteiger partial charge in [0.1, 0.15) is 11.5 Å². The molecule has 0 aliphatic carbocycles. The van der Waals surface area contributed by atoms with Crippen LogP contribution >= 0.6 is 11.8 Å². The number of aryl methyl sites for hydroxylation is 1. The highest BCUT2D eigenvalue weighted by Gasteiger charge is 2.07. The van der Waals surface area contributed by atoms with Gasteiger partial charge >= 0.3 is 0 Å². The molecule has 0 aliphatic rings. The normalized spacial score (nSPS) is 12.6. The number of thioether (sulfide) groups is 1. The lowest BCUT2D eigenvalue weighted by molar-refractivity contribution is 0.442. The Hall–Kier alpha value is -1.19. The van der Waals surface area contributed by atoms with E-state index in [1.165, 1.54) is 11.1 Å². The van der Waals surface area contributed by atoms with Crippen molar-refractivity contribution in [3.63, 3.8) is 0 Å². The van der Waals surface area contributed by atoms with Crippen molar-refractivity contribution >= 4 is 11.8 Å². The molecule has 0 saturated carbocycles. The topological polar surface area (TPSA) is 25.2 Å². The van der Waals surface area contributed by atoms with E-state index in [1.807, 2.05) is 0 Å². The second-order valence-electron chi connectivity index (χ2n) is 4.82. The summed E-state index contributed by atoms with van der Waals surface area (Å²) in [5.41, 5.74) is 2.61. The maximum absolute atomic E-state index is 5.75. The first kappa shape index (κ1) is 14.2. The van der Waals surface area contributed by atoms with E-state index in [2.05, 4.69) is 61.8 Å². The first-order valence-corrected chi connectivity index (χ1v) is 7.95. The molecule has 0 amide bonds. The van der Waals surface area contributed by atoms with Crippen LogP contribution < -0.4 is 5.32 Å². The summed E-state index contributed by atoms with van der Waals surface area (Å²) in [6.45, 7) is 5.07. The van der Waals surface area contributed by atoms with Crippen LogP contribution in [0.15, 0.2) is 40.8 Å². The molecule has 1 heterocycles. The van der Waals surface area contributed by atoms with Gasteiger partial charge in [0, 0.05) is 6.04 Å². The van der Waals surface area contributed by atoms with E-state index < -0.39 is 0 Å². The highest BCUT2D eigenvalue weighted by molar-refractivity contribution is 7.97. The number of furan rings is 1. The fourth-order valence-electron chi connectivity index (χ4n) is 2.05. The monoisotopic (exact) mass is 275 g/mol. The molecule has 102 valence electrons. The molecule has 0 saturated heterocycles. The number of hydrogen-bond acceptors (Lipinski definition) is 3. The first-order chi connectivity index (χ1) is 9.19. The minimum Gasteiger partial charge on any atom is -0.464 e. The SMILES string of the molecule is CSCc1ccc(CN[C@H](C)c2cccc(C)c2)o1. The lowest BCUT2D eigenvalue weighted by Crippen LogP contribution is -2.17. The van der Waals surface area contributed by atoms with Crippen LogP contribution in [0, 0.1) is 6.92 Å². The summed E-state index contributed by atoms with van der Waals surface area (Å²) in [6.07, 6.45) is 2.08. The second kappa shape index (κ2) is 6.83. The molecule has 1 aromatic carbocycles. The number of hydrogen-bond donors (Lipinski definition) is 1. The van der Waals surface area contributed by atoms with Crippen LogP contribution in [0.3, 0.4) is 0 Å². The van der Waals surface area contributed by atoms with E-state index in [9.17, 15) is 0 Å². The highest BCUT2D eigenvalue weighted by Crippen LogP contribution is 2.16. The fraction of sp³-hybridized carbons (Fsp3) is 0.375. The summed E-state index contributed by atoms with van der Waals surface area (Å²) in [7, 11) is 0. The van der Waals surface area contributed by atoms with Crippen LogP contribution in [-0.4, -0.2) is 6.26 Å². The molecule has 1 N–H and O–H groups in total. The highest BCUT2D eigenvalue weighted by atomic mass is 32.2. The molecule has 0 unspecified atom stereocenters. The molecule has 2 rings (SSSR count). The summed E-state index contributed by atoms with van der Waals surface area (Å²) >= 11 is 1.78. The van der Waals surface area contributed by atoms with E-state index in [4.69, 9.17) is 4.42 Å².